The summed E-state index contributed by atoms with van der Waals surface area (Å²) in [6.07, 6.45) is 0. The van der Waals surface area contributed by atoms with Crippen molar-refractivity contribution in [3.8, 4) is 5.75 Å². The first-order chi connectivity index (χ1) is 8.38. The van der Waals surface area contributed by atoms with Crippen molar-refractivity contribution in [1.82, 2.24) is 0 Å². The molecule has 0 unspecified atom stereocenters. The summed E-state index contributed by atoms with van der Waals surface area (Å²) in [6, 6.07) is 18.2. The Balaban J connectivity index is 1.97. The molecule has 0 saturated heterocycles. The predicted octanol–water partition coefficient (Wildman–Crippen LogP) is 3.70. The molecule has 2 rings (SSSR count). The highest BCUT2D eigenvalue weighted by atomic mass is 16.5. The molecule has 0 bridgehead atoms. The Morgan fingerprint density at radius 1 is 1.00 bits per heavy atom. The summed E-state index contributed by atoms with van der Waals surface area (Å²) in [7, 11) is 0. The van der Waals surface area contributed by atoms with Crippen molar-refractivity contribution in [2.24, 2.45) is 0 Å². The number of benzene rings is 2. The van der Waals surface area contributed by atoms with Gasteiger partial charge in [0.2, 0.25) is 0 Å². The Kier molecular flexibility index (Phi) is 4.03. The van der Waals surface area contributed by atoms with E-state index in [0.29, 0.717) is 6.61 Å². The second-order valence-electron chi connectivity index (χ2n) is 3.83. The van der Waals surface area contributed by atoms with Gasteiger partial charge < -0.3 is 10.1 Å². The maximum Gasteiger partial charge on any atom is 0.121 e. The molecule has 0 amide bonds. The van der Waals surface area contributed by atoms with Crippen LogP contribution in [0.4, 0.5) is 5.69 Å². The molecule has 0 heterocycles. The van der Waals surface area contributed by atoms with Crippen LogP contribution in [0.1, 0.15) is 12.5 Å². The van der Waals surface area contributed by atoms with Crippen LogP contribution in [0.15, 0.2) is 54.6 Å². The number of ether oxygens (including phenoxy) is 1. The molecule has 0 atom stereocenters. The zero-order chi connectivity index (χ0) is 11.9. The van der Waals surface area contributed by atoms with E-state index in [1.165, 1.54) is 5.56 Å². The molecule has 0 aliphatic heterocycles. The van der Waals surface area contributed by atoms with Gasteiger partial charge in [-0.25, -0.2) is 0 Å². The number of hydrogen-bond donors (Lipinski definition) is 1. The van der Waals surface area contributed by atoms with Crippen molar-refractivity contribution in [2.75, 3.05) is 11.9 Å². The van der Waals surface area contributed by atoms with Gasteiger partial charge in [-0.3, -0.25) is 0 Å². The van der Waals surface area contributed by atoms with E-state index in [2.05, 4.69) is 24.4 Å². The molecule has 0 radical (unpaired) electrons. The van der Waals surface area contributed by atoms with Crippen LogP contribution in [0.25, 0.3) is 0 Å². The number of anilines is 1. The van der Waals surface area contributed by atoms with Gasteiger partial charge in [0.1, 0.15) is 12.4 Å². The van der Waals surface area contributed by atoms with Gasteiger partial charge in [-0.15, -0.1) is 0 Å². The average Bonchev–Trinajstić information content (AvgIpc) is 2.39. The summed E-state index contributed by atoms with van der Waals surface area (Å²) < 4.78 is 5.74. The molecule has 0 aliphatic rings. The van der Waals surface area contributed by atoms with Gasteiger partial charge in [0.15, 0.2) is 0 Å². The van der Waals surface area contributed by atoms with Gasteiger partial charge in [-0.1, -0.05) is 36.4 Å². The molecule has 0 aliphatic carbocycles. The number of rotatable bonds is 5. The molecule has 2 aromatic rings. The SMILES string of the molecule is CCNc1cccc(OCc2ccccc2)c1. The molecule has 17 heavy (non-hydrogen) atoms. The summed E-state index contributed by atoms with van der Waals surface area (Å²) >= 11 is 0. The highest BCUT2D eigenvalue weighted by Crippen LogP contribution is 2.18. The van der Waals surface area contributed by atoms with Crippen LogP contribution in [-0.2, 0) is 6.61 Å². The lowest BCUT2D eigenvalue weighted by Crippen LogP contribution is -1.98. The van der Waals surface area contributed by atoms with E-state index in [1.54, 1.807) is 0 Å². The summed E-state index contributed by atoms with van der Waals surface area (Å²) in [5, 5.41) is 3.27. The van der Waals surface area contributed by atoms with Gasteiger partial charge >= 0.3 is 0 Å². The third kappa shape index (κ3) is 3.52. The molecule has 1 N–H and O–H groups in total. The quantitative estimate of drug-likeness (QED) is 0.841. The van der Waals surface area contributed by atoms with Gasteiger partial charge in [0, 0.05) is 18.3 Å². The van der Waals surface area contributed by atoms with Crippen LogP contribution in [-0.4, -0.2) is 6.54 Å². The maximum absolute atomic E-state index is 5.74. The highest BCUT2D eigenvalue weighted by Gasteiger charge is 1.96. The summed E-state index contributed by atoms with van der Waals surface area (Å²) in [4.78, 5) is 0. The van der Waals surface area contributed by atoms with E-state index in [9.17, 15) is 0 Å². The largest absolute Gasteiger partial charge is 0.489 e. The van der Waals surface area contributed by atoms with E-state index >= 15 is 0 Å². The van der Waals surface area contributed by atoms with Crippen LogP contribution >= 0.6 is 0 Å². The van der Waals surface area contributed by atoms with E-state index in [4.69, 9.17) is 4.74 Å². The zero-order valence-electron chi connectivity index (χ0n) is 10.0. The minimum Gasteiger partial charge on any atom is -0.489 e. The Labute approximate surface area is 102 Å². The smallest absolute Gasteiger partial charge is 0.121 e. The molecule has 0 saturated carbocycles. The van der Waals surface area contributed by atoms with E-state index in [1.807, 2.05) is 42.5 Å². The van der Waals surface area contributed by atoms with Crippen molar-refractivity contribution in [3.05, 3.63) is 60.2 Å². The normalized spacial score (nSPS) is 9.94. The van der Waals surface area contributed by atoms with Crippen LogP contribution in [0.5, 0.6) is 5.75 Å². The lowest BCUT2D eigenvalue weighted by atomic mass is 10.2. The first kappa shape index (κ1) is 11.5. The van der Waals surface area contributed by atoms with E-state index in [0.717, 1.165) is 18.0 Å². The van der Waals surface area contributed by atoms with Gasteiger partial charge in [-0.2, -0.15) is 0 Å². The van der Waals surface area contributed by atoms with Crippen molar-refractivity contribution in [3.63, 3.8) is 0 Å². The Hall–Kier alpha value is -1.96. The number of nitrogens with one attached hydrogen (secondary N) is 1. The maximum atomic E-state index is 5.74. The van der Waals surface area contributed by atoms with Crippen molar-refractivity contribution >= 4 is 5.69 Å². The monoisotopic (exact) mass is 227 g/mol. The summed E-state index contributed by atoms with van der Waals surface area (Å²) in [5.74, 6) is 0.896. The molecule has 2 nitrogen and oxygen atoms in total. The first-order valence-corrected chi connectivity index (χ1v) is 5.89. The second-order valence-corrected chi connectivity index (χ2v) is 3.83. The fraction of sp³-hybridized carbons (Fsp3) is 0.200. The van der Waals surface area contributed by atoms with E-state index in [-0.39, 0.29) is 0 Å². The van der Waals surface area contributed by atoms with Gasteiger partial charge in [0.05, 0.1) is 0 Å². The third-order valence-electron chi connectivity index (χ3n) is 2.46. The minimum absolute atomic E-state index is 0.608. The van der Waals surface area contributed by atoms with Crippen LogP contribution in [0.3, 0.4) is 0 Å². The lowest BCUT2D eigenvalue weighted by molar-refractivity contribution is 0.306. The lowest BCUT2D eigenvalue weighted by Gasteiger charge is -2.08. The van der Waals surface area contributed by atoms with Crippen molar-refractivity contribution in [2.45, 2.75) is 13.5 Å². The van der Waals surface area contributed by atoms with Crippen molar-refractivity contribution < 1.29 is 4.74 Å². The Morgan fingerprint density at radius 2 is 1.82 bits per heavy atom. The molecule has 2 aromatic carbocycles. The Bertz CT molecular complexity index is 453. The first-order valence-electron chi connectivity index (χ1n) is 5.89. The second kappa shape index (κ2) is 5.94. The van der Waals surface area contributed by atoms with Crippen LogP contribution in [0, 0.1) is 0 Å². The predicted molar refractivity (Wildman–Crippen MR) is 71.4 cm³/mol. The molecule has 2 heteroatoms. The zero-order valence-corrected chi connectivity index (χ0v) is 10.0. The average molecular weight is 227 g/mol. The van der Waals surface area contributed by atoms with E-state index < -0.39 is 0 Å². The summed E-state index contributed by atoms with van der Waals surface area (Å²) in [6.45, 7) is 3.61. The van der Waals surface area contributed by atoms with Gasteiger partial charge in [-0.05, 0) is 24.6 Å². The van der Waals surface area contributed by atoms with Crippen molar-refractivity contribution in [1.29, 1.82) is 0 Å². The minimum atomic E-state index is 0.608. The standard InChI is InChI=1S/C15H17NO/c1-2-16-14-9-6-10-15(11-14)17-12-13-7-4-3-5-8-13/h3-11,16H,2,12H2,1H3. The number of hydrogen-bond acceptors (Lipinski definition) is 2. The summed E-state index contributed by atoms with van der Waals surface area (Å²) in [5.41, 5.74) is 2.28. The molecule has 88 valence electrons. The third-order valence-corrected chi connectivity index (χ3v) is 2.46. The fourth-order valence-electron chi connectivity index (χ4n) is 1.64. The molecule has 0 spiro atoms. The van der Waals surface area contributed by atoms with Crippen LogP contribution < -0.4 is 10.1 Å². The molecule has 0 aromatic heterocycles. The van der Waals surface area contributed by atoms with Gasteiger partial charge in [0.25, 0.3) is 0 Å². The Morgan fingerprint density at radius 3 is 2.59 bits per heavy atom. The molecular formula is C15H17NO. The molecule has 0 fully saturated rings. The fourth-order valence-corrected chi connectivity index (χ4v) is 1.64. The highest BCUT2D eigenvalue weighted by molar-refractivity contribution is 5.48. The topological polar surface area (TPSA) is 21.3 Å². The molecular weight excluding hydrogens is 210 g/mol. The van der Waals surface area contributed by atoms with Crippen LogP contribution in [0.2, 0.25) is 0 Å².